The van der Waals surface area contributed by atoms with Gasteiger partial charge < -0.3 is 19.7 Å². The first kappa shape index (κ1) is 21.0. The van der Waals surface area contributed by atoms with Gasteiger partial charge in [0.25, 0.3) is 0 Å². The zero-order chi connectivity index (χ0) is 19.6. The Labute approximate surface area is 161 Å². The minimum absolute atomic E-state index is 0.0518. The van der Waals surface area contributed by atoms with Crippen LogP contribution in [0.5, 0.6) is 0 Å². The van der Waals surface area contributed by atoms with Crippen LogP contribution in [0, 0.1) is 5.92 Å². The van der Waals surface area contributed by atoms with Gasteiger partial charge in [-0.1, -0.05) is 37.3 Å². The van der Waals surface area contributed by atoms with Gasteiger partial charge >= 0.3 is 10.4 Å². The van der Waals surface area contributed by atoms with E-state index in [9.17, 15) is 18.6 Å². The second-order valence-electron chi connectivity index (χ2n) is 6.83. The second-order valence-corrected chi connectivity index (χ2v) is 10.2. The van der Waals surface area contributed by atoms with Gasteiger partial charge in [0.2, 0.25) is 0 Å². The van der Waals surface area contributed by atoms with Gasteiger partial charge in [-0.2, -0.15) is 8.42 Å². The number of hydrogen-bond donors (Lipinski definition) is 3. The first-order chi connectivity index (χ1) is 12.8. The van der Waals surface area contributed by atoms with Crippen LogP contribution in [0.4, 0.5) is 0 Å². The lowest BCUT2D eigenvalue weighted by molar-refractivity contribution is -0.245. The molecule has 2 aliphatic heterocycles. The third-order valence-electron chi connectivity index (χ3n) is 5.01. The van der Waals surface area contributed by atoms with Crippen molar-refractivity contribution in [2.24, 2.45) is 5.92 Å². The van der Waals surface area contributed by atoms with Crippen LogP contribution in [0.25, 0.3) is 0 Å². The van der Waals surface area contributed by atoms with E-state index in [4.69, 9.17) is 18.2 Å². The van der Waals surface area contributed by atoms with Crippen molar-refractivity contribution in [1.29, 1.82) is 0 Å². The zero-order valence-electron chi connectivity index (χ0n) is 14.9. The SMILES string of the molecule is C[C@H]1[C@H](O)C[S+](C[C@H]2OC(c3ccccc3)OC[C@@H]2OS(=O)(=O)O)[C@@H]1CO. The van der Waals surface area contributed by atoms with Gasteiger partial charge in [0.15, 0.2) is 6.29 Å². The fourth-order valence-corrected chi connectivity index (χ4v) is 7.05. The highest BCUT2D eigenvalue weighted by molar-refractivity contribution is 7.97. The first-order valence-electron chi connectivity index (χ1n) is 8.71. The Morgan fingerprint density at radius 1 is 1.30 bits per heavy atom. The zero-order valence-corrected chi connectivity index (χ0v) is 16.5. The largest absolute Gasteiger partial charge is 0.397 e. The summed E-state index contributed by atoms with van der Waals surface area (Å²) in [4.78, 5) is 0. The Balaban J connectivity index is 1.77. The molecule has 0 aliphatic carbocycles. The summed E-state index contributed by atoms with van der Waals surface area (Å²) in [6, 6.07) is 9.23. The molecule has 0 bridgehead atoms. The minimum atomic E-state index is -4.67. The molecule has 3 N–H and O–H groups in total. The van der Waals surface area contributed by atoms with Crippen molar-refractivity contribution < 1.29 is 36.8 Å². The average molecular weight is 422 g/mol. The number of aliphatic hydroxyl groups is 2. The van der Waals surface area contributed by atoms with Crippen LogP contribution in [0.1, 0.15) is 18.8 Å². The molecule has 2 saturated heterocycles. The normalized spacial score (nSPS) is 37.4. The number of ether oxygens (including phenoxy) is 2. The van der Waals surface area contributed by atoms with Crippen LogP contribution in [0.3, 0.4) is 0 Å². The van der Waals surface area contributed by atoms with E-state index in [1.54, 1.807) is 0 Å². The predicted molar refractivity (Wildman–Crippen MR) is 99.6 cm³/mol. The minimum Gasteiger partial charge on any atom is -0.391 e. The highest BCUT2D eigenvalue weighted by Gasteiger charge is 2.51. The van der Waals surface area contributed by atoms with E-state index >= 15 is 0 Å². The molecule has 7 atom stereocenters. The molecular weight excluding hydrogens is 396 g/mol. The second kappa shape index (κ2) is 8.75. The molecule has 27 heavy (non-hydrogen) atoms. The number of rotatable bonds is 6. The van der Waals surface area contributed by atoms with Crippen LogP contribution in [0.2, 0.25) is 0 Å². The van der Waals surface area contributed by atoms with Crippen LogP contribution in [-0.4, -0.2) is 71.5 Å². The fourth-order valence-electron chi connectivity index (χ4n) is 3.47. The monoisotopic (exact) mass is 421 g/mol. The third-order valence-corrected chi connectivity index (χ3v) is 8.46. The first-order valence-corrected chi connectivity index (χ1v) is 11.7. The van der Waals surface area contributed by atoms with Gasteiger partial charge in [-0.05, 0) is 10.9 Å². The molecule has 3 rings (SSSR count). The van der Waals surface area contributed by atoms with E-state index in [0.29, 0.717) is 11.5 Å². The van der Waals surface area contributed by atoms with Crippen LogP contribution < -0.4 is 0 Å². The maximum Gasteiger partial charge on any atom is 0.397 e. The van der Waals surface area contributed by atoms with Crippen molar-refractivity contribution in [3.8, 4) is 0 Å². The summed E-state index contributed by atoms with van der Waals surface area (Å²) < 4.78 is 47.8. The van der Waals surface area contributed by atoms with Gasteiger partial charge in [-0.15, -0.1) is 0 Å². The fraction of sp³-hybridized carbons (Fsp3) is 0.647. The van der Waals surface area contributed by atoms with E-state index in [0.717, 1.165) is 5.56 Å². The summed E-state index contributed by atoms with van der Waals surface area (Å²) in [6.45, 7) is 1.77. The third kappa shape index (κ3) is 5.21. The molecule has 152 valence electrons. The van der Waals surface area contributed by atoms with Crippen molar-refractivity contribution in [3.05, 3.63) is 35.9 Å². The summed E-state index contributed by atoms with van der Waals surface area (Å²) in [6.07, 6.45) is -2.87. The van der Waals surface area contributed by atoms with Crippen molar-refractivity contribution in [1.82, 2.24) is 0 Å². The maximum atomic E-state index is 11.2. The molecule has 1 aromatic carbocycles. The molecule has 1 aromatic rings. The molecule has 0 aromatic heterocycles. The highest BCUT2D eigenvalue weighted by Crippen LogP contribution is 2.34. The van der Waals surface area contributed by atoms with Crippen molar-refractivity contribution in [2.75, 3.05) is 24.7 Å². The maximum absolute atomic E-state index is 11.2. The quantitative estimate of drug-likeness (QED) is 0.442. The van der Waals surface area contributed by atoms with E-state index in [1.807, 2.05) is 37.3 Å². The molecule has 10 heteroatoms. The molecule has 2 aliphatic rings. The average Bonchev–Trinajstić information content (AvgIpc) is 2.89. The van der Waals surface area contributed by atoms with Gasteiger partial charge in [-0.25, -0.2) is 4.18 Å². The summed E-state index contributed by atoms with van der Waals surface area (Å²) in [5, 5.41) is 19.8. The predicted octanol–water partition coefficient (Wildman–Crippen LogP) is 0.278. The molecule has 0 radical (unpaired) electrons. The van der Waals surface area contributed by atoms with Gasteiger partial charge in [0.1, 0.15) is 35.1 Å². The molecule has 2 unspecified atom stereocenters. The molecule has 0 saturated carbocycles. The summed E-state index contributed by atoms with van der Waals surface area (Å²) >= 11 is 0. The Kier molecular flexibility index (Phi) is 6.80. The lowest BCUT2D eigenvalue weighted by atomic mass is 10.0. The molecule has 8 nitrogen and oxygen atoms in total. The highest BCUT2D eigenvalue weighted by atomic mass is 32.3. The topological polar surface area (TPSA) is 123 Å². The van der Waals surface area contributed by atoms with E-state index in [-0.39, 0.29) is 35.3 Å². The molecule has 0 spiro atoms. The number of aliphatic hydroxyl groups excluding tert-OH is 2. The van der Waals surface area contributed by atoms with Gasteiger partial charge in [0, 0.05) is 11.5 Å². The summed E-state index contributed by atoms with van der Waals surface area (Å²) in [7, 11) is -5.05. The smallest absolute Gasteiger partial charge is 0.391 e. The summed E-state index contributed by atoms with van der Waals surface area (Å²) in [5.41, 5.74) is 0.787. The van der Waals surface area contributed by atoms with Crippen molar-refractivity contribution in [3.63, 3.8) is 0 Å². The van der Waals surface area contributed by atoms with Crippen LogP contribution >= 0.6 is 0 Å². The molecule has 2 fully saturated rings. The standard InChI is InChI=1S/C17H24O8S2/c1-11-13(19)9-26(16(11)7-18)10-15-14(25-27(20,21)22)8-23-17(24-15)12-5-3-2-4-6-12/h2-6,11,13-19H,7-10H2,1H3/p+1/t11-,13+,14-,15+,16+,17?,26?/m0/s1. The molecular formula is C17H25O8S2+. The summed E-state index contributed by atoms with van der Waals surface area (Å²) in [5.74, 6) is 0.866. The molecule has 2 heterocycles. The Hall–Kier alpha value is -0.720. The Morgan fingerprint density at radius 3 is 2.63 bits per heavy atom. The van der Waals surface area contributed by atoms with E-state index in [1.165, 1.54) is 0 Å². The van der Waals surface area contributed by atoms with Crippen molar-refractivity contribution >= 4 is 21.3 Å². The number of hydrogen-bond acceptors (Lipinski definition) is 7. The lowest BCUT2D eigenvalue weighted by Gasteiger charge is -2.35. The molecule has 0 amide bonds. The van der Waals surface area contributed by atoms with Gasteiger partial charge in [0.05, 0.1) is 13.2 Å². The Bertz CT molecular complexity index is 713. The lowest BCUT2D eigenvalue weighted by Crippen LogP contribution is -2.48. The van der Waals surface area contributed by atoms with Crippen molar-refractivity contribution in [2.45, 2.75) is 36.8 Å². The van der Waals surface area contributed by atoms with E-state index in [2.05, 4.69) is 0 Å². The van der Waals surface area contributed by atoms with Gasteiger partial charge in [-0.3, -0.25) is 4.55 Å². The van der Waals surface area contributed by atoms with Crippen LogP contribution in [-0.2, 0) is 35.0 Å². The van der Waals surface area contributed by atoms with Crippen LogP contribution in [0.15, 0.2) is 30.3 Å². The Morgan fingerprint density at radius 2 is 2.00 bits per heavy atom. The number of benzene rings is 1. The van der Waals surface area contributed by atoms with E-state index < -0.39 is 35.0 Å².